The fourth-order valence-electron chi connectivity index (χ4n) is 1.59. The Kier molecular flexibility index (Phi) is 4.33. The summed E-state index contributed by atoms with van der Waals surface area (Å²) in [6, 6.07) is -0.682. The van der Waals surface area contributed by atoms with Crippen LogP contribution in [0.4, 0.5) is 4.79 Å². The minimum Gasteiger partial charge on any atom is -0.480 e. The van der Waals surface area contributed by atoms with Crippen molar-refractivity contribution in [1.29, 1.82) is 0 Å². The van der Waals surface area contributed by atoms with Crippen LogP contribution in [0.5, 0.6) is 0 Å². The minimum atomic E-state index is -2.95. The molecule has 1 aliphatic rings. The number of likely N-dealkylation sites (N-methyl/N-ethyl adjacent to an activating group) is 1. The number of carbonyl (C=O) groups excluding carboxylic acids is 1. The lowest BCUT2D eigenvalue weighted by Crippen LogP contribution is -2.47. The number of carboxylic acid groups (broad SMARTS) is 1. The summed E-state index contributed by atoms with van der Waals surface area (Å²) in [6.45, 7) is -0.378. The van der Waals surface area contributed by atoms with E-state index < -0.39 is 21.8 Å². The molecule has 2 N–H and O–H groups in total. The molecule has 1 fully saturated rings. The van der Waals surface area contributed by atoms with Crippen LogP contribution in [0, 0.1) is 0 Å². The van der Waals surface area contributed by atoms with Gasteiger partial charge < -0.3 is 15.3 Å². The van der Waals surface area contributed by atoms with Crippen LogP contribution < -0.4 is 5.32 Å². The van der Waals surface area contributed by atoms with E-state index in [4.69, 9.17) is 5.11 Å². The molecular weight excluding hydrogens is 248 g/mol. The molecule has 17 heavy (non-hydrogen) atoms. The first-order chi connectivity index (χ1) is 7.80. The van der Waals surface area contributed by atoms with Crippen LogP contribution >= 0.6 is 0 Å². The fourth-order valence-corrected chi connectivity index (χ4v) is 3.09. The van der Waals surface area contributed by atoms with Crippen LogP contribution in [-0.4, -0.2) is 61.6 Å². The molecule has 1 aliphatic heterocycles. The Hall–Kier alpha value is -1.31. The number of nitrogens with zero attached hydrogens (tertiary/aromatic N) is 1. The predicted octanol–water partition coefficient (Wildman–Crippen LogP) is -0.710. The molecule has 0 bridgehead atoms. The molecule has 0 aromatic carbocycles. The molecule has 0 radical (unpaired) electrons. The number of aliphatic carboxylic acids is 1. The first-order valence-electron chi connectivity index (χ1n) is 5.24. The van der Waals surface area contributed by atoms with Crippen molar-refractivity contribution in [2.24, 2.45) is 0 Å². The zero-order valence-electron chi connectivity index (χ0n) is 9.55. The van der Waals surface area contributed by atoms with Crippen molar-refractivity contribution in [1.82, 2.24) is 10.2 Å². The maximum Gasteiger partial charge on any atom is 0.323 e. The molecular formula is C9H16N2O5S. The topological polar surface area (TPSA) is 104 Å². The summed E-state index contributed by atoms with van der Waals surface area (Å²) in [5, 5.41) is 11.1. The first-order valence-corrected chi connectivity index (χ1v) is 7.06. The highest BCUT2D eigenvalue weighted by molar-refractivity contribution is 7.91. The number of sulfone groups is 1. The molecule has 0 saturated carbocycles. The van der Waals surface area contributed by atoms with E-state index in [1.54, 1.807) is 0 Å². The van der Waals surface area contributed by atoms with Crippen molar-refractivity contribution in [3.8, 4) is 0 Å². The molecule has 2 amide bonds. The van der Waals surface area contributed by atoms with Crippen LogP contribution in [0.3, 0.4) is 0 Å². The van der Waals surface area contributed by atoms with Gasteiger partial charge in [-0.2, -0.15) is 0 Å². The van der Waals surface area contributed by atoms with Gasteiger partial charge in [-0.25, -0.2) is 13.2 Å². The molecule has 8 heteroatoms. The Morgan fingerprint density at radius 3 is 2.35 bits per heavy atom. The van der Waals surface area contributed by atoms with Gasteiger partial charge in [0.2, 0.25) is 0 Å². The SMILES string of the molecule is CN(CC(=O)O)C(=O)NC1CCS(=O)(=O)CC1. The Morgan fingerprint density at radius 1 is 1.35 bits per heavy atom. The van der Waals surface area contributed by atoms with Crippen LogP contribution in [0.2, 0.25) is 0 Å². The van der Waals surface area contributed by atoms with Crippen molar-refractivity contribution in [2.45, 2.75) is 18.9 Å². The van der Waals surface area contributed by atoms with Crippen molar-refractivity contribution < 1.29 is 23.1 Å². The van der Waals surface area contributed by atoms with Crippen molar-refractivity contribution in [3.63, 3.8) is 0 Å². The van der Waals surface area contributed by atoms with E-state index in [9.17, 15) is 18.0 Å². The number of hydrogen-bond donors (Lipinski definition) is 2. The predicted molar refractivity (Wildman–Crippen MR) is 60.5 cm³/mol. The molecule has 0 spiro atoms. The first kappa shape index (κ1) is 13.8. The third-order valence-electron chi connectivity index (χ3n) is 2.60. The highest BCUT2D eigenvalue weighted by Gasteiger charge is 2.25. The van der Waals surface area contributed by atoms with Gasteiger partial charge in [0.1, 0.15) is 16.4 Å². The largest absolute Gasteiger partial charge is 0.480 e. The van der Waals surface area contributed by atoms with Crippen LogP contribution in [0.1, 0.15) is 12.8 Å². The summed E-state index contributed by atoms with van der Waals surface area (Å²) in [5.41, 5.74) is 0. The van der Waals surface area contributed by atoms with Crippen LogP contribution in [-0.2, 0) is 14.6 Å². The maximum absolute atomic E-state index is 11.5. The van der Waals surface area contributed by atoms with E-state index in [-0.39, 0.29) is 24.1 Å². The average molecular weight is 264 g/mol. The van der Waals surface area contributed by atoms with Gasteiger partial charge in [0.05, 0.1) is 11.5 Å². The fraction of sp³-hybridized carbons (Fsp3) is 0.778. The molecule has 1 heterocycles. The maximum atomic E-state index is 11.5. The number of amides is 2. The van der Waals surface area contributed by atoms with Gasteiger partial charge in [-0.15, -0.1) is 0 Å². The van der Waals surface area contributed by atoms with E-state index in [0.29, 0.717) is 12.8 Å². The number of carboxylic acids is 1. The zero-order valence-corrected chi connectivity index (χ0v) is 10.4. The molecule has 0 aliphatic carbocycles. The van der Waals surface area contributed by atoms with Crippen molar-refractivity contribution in [3.05, 3.63) is 0 Å². The second-order valence-electron chi connectivity index (χ2n) is 4.13. The lowest BCUT2D eigenvalue weighted by molar-refractivity contribution is -0.137. The van der Waals surface area contributed by atoms with Crippen LogP contribution in [0.15, 0.2) is 0 Å². The van der Waals surface area contributed by atoms with E-state index >= 15 is 0 Å². The Bertz CT molecular complexity index is 392. The zero-order chi connectivity index (χ0) is 13.1. The lowest BCUT2D eigenvalue weighted by atomic mass is 10.2. The number of nitrogens with one attached hydrogen (secondary N) is 1. The molecule has 98 valence electrons. The summed E-state index contributed by atoms with van der Waals surface area (Å²) in [6.07, 6.45) is 0.768. The molecule has 0 aromatic heterocycles. The molecule has 0 atom stereocenters. The summed E-state index contributed by atoms with van der Waals surface area (Å²) in [7, 11) is -1.57. The molecule has 7 nitrogen and oxygen atoms in total. The number of rotatable bonds is 3. The summed E-state index contributed by atoms with van der Waals surface area (Å²) in [4.78, 5) is 22.9. The smallest absolute Gasteiger partial charge is 0.323 e. The number of hydrogen-bond acceptors (Lipinski definition) is 4. The Balaban J connectivity index is 2.40. The van der Waals surface area contributed by atoms with E-state index in [1.807, 2.05) is 0 Å². The highest BCUT2D eigenvalue weighted by atomic mass is 32.2. The third kappa shape index (κ3) is 4.59. The molecule has 1 rings (SSSR count). The van der Waals surface area contributed by atoms with Gasteiger partial charge in [0.25, 0.3) is 0 Å². The second kappa shape index (κ2) is 5.35. The Labute approximate surface area is 99.7 Å². The van der Waals surface area contributed by atoms with Gasteiger partial charge in [-0.05, 0) is 12.8 Å². The summed E-state index contributed by atoms with van der Waals surface area (Å²) >= 11 is 0. The van der Waals surface area contributed by atoms with Crippen molar-refractivity contribution in [2.75, 3.05) is 25.1 Å². The van der Waals surface area contributed by atoms with Gasteiger partial charge >= 0.3 is 12.0 Å². The van der Waals surface area contributed by atoms with E-state index in [1.165, 1.54) is 7.05 Å². The normalized spacial score (nSPS) is 19.6. The molecule has 0 aromatic rings. The molecule has 0 unspecified atom stereocenters. The lowest BCUT2D eigenvalue weighted by Gasteiger charge is -2.25. The standard InChI is InChI=1S/C9H16N2O5S/c1-11(6-8(12)13)9(14)10-7-2-4-17(15,16)5-3-7/h7H,2-6H2,1H3,(H,10,14)(H,12,13). The van der Waals surface area contributed by atoms with Gasteiger partial charge in [0, 0.05) is 13.1 Å². The average Bonchev–Trinajstić information content (AvgIpc) is 2.20. The Morgan fingerprint density at radius 2 is 1.88 bits per heavy atom. The van der Waals surface area contributed by atoms with Gasteiger partial charge in [-0.1, -0.05) is 0 Å². The minimum absolute atomic E-state index is 0.0700. The number of urea groups is 1. The monoisotopic (exact) mass is 264 g/mol. The van der Waals surface area contributed by atoms with Crippen LogP contribution in [0.25, 0.3) is 0 Å². The van der Waals surface area contributed by atoms with E-state index in [2.05, 4.69) is 5.32 Å². The molecule has 1 saturated heterocycles. The highest BCUT2D eigenvalue weighted by Crippen LogP contribution is 2.12. The van der Waals surface area contributed by atoms with E-state index in [0.717, 1.165) is 4.90 Å². The van der Waals surface area contributed by atoms with Gasteiger partial charge in [-0.3, -0.25) is 4.79 Å². The third-order valence-corrected chi connectivity index (χ3v) is 4.32. The summed E-state index contributed by atoms with van der Waals surface area (Å²) in [5.74, 6) is -0.949. The van der Waals surface area contributed by atoms with Crippen molar-refractivity contribution >= 4 is 21.8 Å². The number of carbonyl (C=O) groups is 2. The van der Waals surface area contributed by atoms with Gasteiger partial charge in [0.15, 0.2) is 0 Å². The quantitative estimate of drug-likeness (QED) is 0.700. The summed E-state index contributed by atoms with van der Waals surface area (Å²) < 4.78 is 22.3. The second-order valence-corrected chi connectivity index (χ2v) is 6.43.